The number of rotatable bonds is 3. The zero-order valence-corrected chi connectivity index (χ0v) is 16.6. The molecule has 0 atom stereocenters. The van der Waals surface area contributed by atoms with Crippen LogP contribution in [-0.2, 0) is 0 Å². The molecule has 5 rings (SSSR count). The van der Waals surface area contributed by atoms with Gasteiger partial charge >= 0.3 is 0 Å². The van der Waals surface area contributed by atoms with Gasteiger partial charge in [-0.3, -0.25) is 0 Å². The van der Waals surface area contributed by atoms with Crippen LogP contribution in [0.2, 0.25) is 0 Å². The maximum Gasteiger partial charge on any atom is 0.219 e. The van der Waals surface area contributed by atoms with E-state index in [2.05, 4.69) is 32.8 Å². The van der Waals surface area contributed by atoms with E-state index >= 15 is 0 Å². The van der Waals surface area contributed by atoms with Gasteiger partial charge in [-0.15, -0.1) is 0 Å². The first kappa shape index (κ1) is 17.9. The van der Waals surface area contributed by atoms with Crippen LogP contribution in [0.25, 0.3) is 11.1 Å². The van der Waals surface area contributed by atoms with Crippen LogP contribution in [0, 0.1) is 0 Å². The second-order valence-electron chi connectivity index (χ2n) is 6.86. The van der Waals surface area contributed by atoms with Crippen molar-refractivity contribution in [2.45, 2.75) is 0 Å². The Hall–Kier alpha value is -3.17. The van der Waals surface area contributed by atoms with Crippen molar-refractivity contribution in [1.29, 1.82) is 0 Å². The highest BCUT2D eigenvalue weighted by Gasteiger charge is 2.30. The highest BCUT2D eigenvalue weighted by atomic mass is 32.2. The van der Waals surface area contributed by atoms with Crippen LogP contribution < -0.4 is 11.1 Å². The zero-order chi connectivity index (χ0) is 19.8. The van der Waals surface area contributed by atoms with Gasteiger partial charge in [0.05, 0.1) is 5.70 Å². The lowest BCUT2D eigenvalue weighted by atomic mass is 10.1. The highest BCUT2D eigenvalue weighted by molar-refractivity contribution is 8.27. The highest BCUT2D eigenvalue weighted by Crippen LogP contribution is 2.34. The van der Waals surface area contributed by atoms with Gasteiger partial charge in [-0.1, -0.05) is 24.8 Å². The molecule has 1 fully saturated rings. The maximum atomic E-state index is 5.60. The summed E-state index contributed by atoms with van der Waals surface area (Å²) in [5, 5.41) is 11.6. The number of aromatic nitrogens is 2. The average molecular weight is 405 g/mol. The van der Waals surface area contributed by atoms with Gasteiger partial charge in [0, 0.05) is 55.8 Å². The van der Waals surface area contributed by atoms with Crippen molar-refractivity contribution < 1.29 is 0 Å². The molecule has 0 bridgehead atoms. The predicted octanol–water partition coefficient (Wildman–Crippen LogP) is 2.07. The van der Waals surface area contributed by atoms with Gasteiger partial charge < -0.3 is 16.0 Å². The molecule has 1 aromatic carbocycles. The summed E-state index contributed by atoms with van der Waals surface area (Å²) in [5.41, 5.74) is 9.36. The first-order chi connectivity index (χ1) is 14.2. The minimum atomic E-state index is 0.266. The van der Waals surface area contributed by atoms with Crippen molar-refractivity contribution in [3.63, 3.8) is 0 Å². The minimum Gasteiger partial charge on any atom is -0.368 e. The second-order valence-corrected chi connectivity index (χ2v) is 7.81. The van der Waals surface area contributed by atoms with E-state index in [-0.39, 0.29) is 5.95 Å². The van der Waals surface area contributed by atoms with E-state index in [9.17, 15) is 0 Å². The summed E-state index contributed by atoms with van der Waals surface area (Å²) in [7, 11) is 0. The van der Waals surface area contributed by atoms with E-state index < -0.39 is 0 Å². The van der Waals surface area contributed by atoms with Crippen molar-refractivity contribution in [3.05, 3.63) is 66.4 Å². The van der Waals surface area contributed by atoms with Gasteiger partial charge in [0.25, 0.3) is 0 Å². The number of benzene rings is 1. The Morgan fingerprint density at radius 3 is 2.62 bits per heavy atom. The number of anilines is 1. The molecule has 0 radical (unpaired) electrons. The number of hydrogen-bond donors (Lipinski definition) is 2. The number of nitrogens with two attached hydrogens (primary N) is 1. The number of amidine groups is 1. The summed E-state index contributed by atoms with van der Waals surface area (Å²) < 4.78 is 0. The second kappa shape index (κ2) is 7.34. The lowest BCUT2D eigenvalue weighted by Gasteiger charge is -2.32. The van der Waals surface area contributed by atoms with Crippen molar-refractivity contribution in [3.8, 4) is 11.1 Å². The molecule has 9 heteroatoms. The molecule has 146 valence electrons. The van der Waals surface area contributed by atoms with Crippen LogP contribution in [0.3, 0.4) is 0 Å². The summed E-state index contributed by atoms with van der Waals surface area (Å²) in [5.74, 6) is 1.22. The Bertz CT molecular complexity index is 1050. The quantitative estimate of drug-likeness (QED) is 0.809. The molecule has 0 aliphatic carbocycles. The standard InChI is InChI=1S/C20H20N8S/c1-13-9-17(27-7-5-22-6-8-27)25-20-28(13)26-18(29-20)15-4-2-3-14(10-15)16-11-23-19(21)24-12-16/h2-4,9-12,22H,1,5-8H2,(H2,21,23,24). The van der Waals surface area contributed by atoms with Gasteiger partial charge in [0.15, 0.2) is 5.17 Å². The van der Waals surface area contributed by atoms with Gasteiger partial charge in [0.1, 0.15) is 10.9 Å². The van der Waals surface area contributed by atoms with Crippen LogP contribution in [0.4, 0.5) is 5.95 Å². The van der Waals surface area contributed by atoms with E-state index in [1.165, 1.54) is 0 Å². The molecule has 1 aromatic heterocycles. The molecule has 29 heavy (non-hydrogen) atoms. The van der Waals surface area contributed by atoms with E-state index in [4.69, 9.17) is 15.8 Å². The molecule has 0 saturated carbocycles. The van der Waals surface area contributed by atoms with Crippen molar-refractivity contribution in [2.75, 3.05) is 31.9 Å². The largest absolute Gasteiger partial charge is 0.368 e. The van der Waals surface area contributed by atoms with Crippen molar-refractivity contribution >= 4 is 27.9 Å². The Balaban J connectivity index is 1.40. The van der Waals surface area contributed by atoms with E-state index in [0.29, 0.717) is 0 Å². The monoisotopic (exact) mass is 404 g/mol. The fraction of sp³-hybridized carbons (Fsp3) is 0.200. The number of nitrogen functional groups attached to an aromatic ring is 1. The molecular formula is C20H20N8S. The summed E-state index contributed by atoms with van der Waals surface area (Å²) >= 11 is 1.56. The van der Waals surface area contributed by atoms with E-state index in [0.717, 1.165) is 64.6 Å². The molecule has 0 amide bonds. The SMILES string of the molecule is C=C1C=C(N2CCNCC2)N=C2SC(c3cccc(-c4cnc(N)nc4)c3)=NN12. The van der Waals surface area contributed by atoms with Crippen LogP contribution in [0.5, 0.6) is 0 Å². The van der Waals surface area contributed by atoms with Crippen LogP contribution in [0.1, 0.15) is 5.56 Å². The van der Waals surface area contributed by atoms with E-state index in [1.54, 1.807) is 24.2 Å². The Morgan fingerprint density at radius 2 is 1.83 bits per heavy atom. The third-order valence-corrected chi connectivity index (χ3v) is 5.85. The summed E-state index contributed by atoms with van der Waals surface area (Å²) in [6.07, 6.45) is 5.46. The minimum absolute atomic E-state index is 0.266. The third-order valence-electron chi connectivity index (χ3n) is 4.89. The molecule has 3 N–H and O–H groups in total. The number of aliphatic imine (C=N–C) groups is 1. The van der Waals surface area contributed by atoms with Gasteiger partial charge in [-0.05, 0) is 23.4 Å². The number of fused-ring (bicyclic) bond motifs is 1. The molecule has 3 aliphatic heterocycles. The Morgan fingerprint density at radius 1 is 1.07 bits per heavy atom. The topological polar surface area (TPSA) is 95.0 Å². The summed E-state index contributed by atoms with van der Waals surface area (Å²) in [6, 6.07) is 8.14. The molecule has 2 aromatic rings. The molecule has 0 unspecified atom stereocenters. The van der Waals surface area contributed by atoms with E-state index in [1.807, 2.05) is 29.3 Å². The lowest BCUT2D eigenvalue weighted by molar-refractivity contribution is 0.294. The molecule has 4 heterocycles. The number of nitrogens with one attached hydrogen (secondary N) is 1. The predicted molar refractivity (Wildman–Crippen MR) is 117 cm³/mol. The zero-order valence-electron chi connectivity index (χ0n) is 15.7. The maximum absolute atomic E-state index is 5.60. The van der Waals surface area contributed by atoms with Gasteiger partial charge in [-0.2, -0.15) is 5.10 Å². The number of hydrazone groups is 1. The number of piperazine rings is 1. The average Bonchev–Trinajstić information content (AvgIpc) is 3.20. The van der Waals surface area contributed by atoms with Crippen molar-refractivity contribution in [2.24, 2.45) is 10.1 Å². The fourth-order valence-corrected chi connectivity index (χ4v) is 4.30. The molecule has 0 spiro atoms. The van der Waals surface area contributed by atoms with Crippen LogP contribution in [-0.4, -0.2) is 56.3 Å². The first-order valence-corrected chi connectivity index (χ1v) is 10.2. The van der Waals surface area contributed by atoms with Gasteiger partial charge in [0.2, 0.25) is 5.95 Å². The van der Waals surface area contributed by atoms with Crippen LogP contribution in [0.15, 0.2) is 70.9 Å². The molecule has 1 saturated heterocycles. The number of nitrogens with zero attached hydrogens (tertiary/aromatic N) is 6. The Labute approximate surface area is 172 Å². The smallest absolute Gasteiger partial charge is 0.219 e. The first-order valence-electron chi connectivity index (χ1n) is 9.37. The summed E-state index contributed by atoms with van der Waals surface area (Å²) in [4.78, 5) is 15.3. The Kier molecular flexibility index (Phi) is 4.53. The fourth-order valence-electron chi connectivity index (χ4n) is 3.37. The molecule has 8 nitrogen and oxygen atoms in total. The summed E-state index contributed by atoms with van der Waals surface area (Å²) in [6.45, 7) is 8.00. The number of hydrogen-bond acceptors (Lipinski definition) is 9. The normalized spacial score (nSPS) is 18.9. The molecular weight excluding hydrogens is 384 g/mol. The van der Waals surface area contributed by atoms with Crippen LogP contribution >= 0.6 is 11.8 Å². The van der Waals surface area contributed by atoms with Crippen molar-refractivity contribution in [1.82, 2.24) is 25.2 Å². The third kappa shape index (κ3) is 3.50. The molecule has 3 aliphatic rings. The number of allylic oxidation sites excluding steroid dienone is 1. The van der Waals surface area contributed by atoms with Gasteiger partial charge in [-0.25, -0.2) is 20.0 Å². The lowest BCUT2D eigenvalue weighted by Crippen LogP contribution is -2.43. The number of thioether (sulfide) groups is 1.